The Morgan fingerprint density at radius 1 is 0.296 bits per heavy atom. The van der Waals surface area contributed by atoms with Crippen LogP contribution in [0.1, 0.15) is 0 Å². The number of fused-ring (bicyclic) bond motifs is 7. The molecule has 0 aliphatic heterocycles. The zero-order valence-electron chi connectivity index (χ0n) is 29.0. The number of hydrogen-bond donors (Lipinski definition) is 0. The highest BCUT2D eigenvalue weighted by molar-refractivity contribution is 6.08. The molecule has 0 saturated carbocycles. The van der Waals surface area contributed by atoms with E-state index in [4.69, 9.17) is 18.8 Å². The Bertz CT molecular complexity index is 3220. The molecule has 3 aromatic heterocycles. The second-order valence-electron chi connectivity index (χ2n) is 13.7. The number of hydrogen-bond acceptors (Lipinski definition) is 4. The molecule has 0 saturated heterocycles. The molecule has 0 radical (unpaired) electrons. The minimum Gasteiger partial charge on any atom is -0.456 e. The lowest BCUT2D eigenvalue weighted by Gasteiger charge is -2.15. The number of rotatable bonds is 5. The molecule has 0 spiro atoms. The summed E-state index contributed by atoms with van der Waals surface area (Å²) in [4.78, 5) is 10.8. The zero-order chi connectivity index (χ0) is 35.6. The molecule has 0 bridgehead atoms. The van der Waals surface area contributed by atoms with E-state index in [2.05, 4.69) is 152 Å². The summed E-state index contributed by atoms with van der Waals surface area (Å²) in [5.74, 6) is 0.656. The highest BCUT2D eigenvalue weighted by Gasteiger charge is 2.19. The number of benzene rings is 8. The van der Waals surface area contributed by atoms with Gasteiger partial charge in [-0.05, 0) is 81.6 Å². The molecule has 8 aromatic carbocycles. The van der Waals surface area contributed by atoms with E-state index in [-0.39, 0.29) is 0 Å². The topological polar surface area (TPSA) is 52.1 Å². The van der Waals surface area contributed by atoms with E-state index in [0.29, 0.717) is 5.82 Å². The van der Waals surface area contributed by atoms with Crippen molar-refractivity contribution in [2.24, 2.45) is 0 Å². The molecule has 4 heteroatoms. The number of nitrogens with zero attached hydrogens (tertiary/aromatic N) is 2. The fraction of sp³-hybridized carbons (Fsp3) is 0. The molecule has 0 unspecified atom stereocenters. The van der Waals surface area contributed by atoms with E-state index in [1.165, 1.54) is 5.39 Å². The van der Waals surface area contributed by atoms with Crippen molar-refractivity contribution in [1.29, 1.82) is 0 Å². The average Bonchev–Trinajstić information content (AvgIpc) is 3.81. The van der Waals surface area contributed by atoms with Crippen molar-refractivity contribution >= 4 is 54.6 Å². The Morgan fingerprint density at radius 2 is 0.852 bits per heavy atom. The molecule has 0 aliphatic carbocycles. The van der Waals surface area contributed by atoms with E-state index < -0.39 is 0 Å². The fourth-order valence-corrected chi connectivity index (χ4v) is 7.87. The predicted octanol–water partition coefficient (Wildman–Crippen LogP) is 13.8. The first-order chi connectivity index (χ1) is 26.7. The summed E-state index contributed by atoms with van der Waals surface area (Å²) in [5.41, 5.74) is 12.5. The minimum atomic E-state index is 0.656. The third-order valence-corrected chi connectivity index (χ3v) is 10.5. The highest BCUT2D eigenvalue weighted by atomic mass is 16.3. The molecule has 252 valence electrons. The van der Waals surface area contributed by atoms with Crippen molar-refractivity contribution < 1.29 is 8.83 Å². The van der Waals surface area contributed by atoms with Gasteiger partial charge in [0.15, 0.2) is 5.82 Å². The molecule has 0 N–H and O–H groups in total. The van der Waals surface area contributed by atoms with Gasteiger partial charge in [-0.1, -0.05) is 133 Å². The Morgan fingerprint density at radius 3 is 1.61 bits per heavy atom. The van der Waals surface area contributed by atoms with Gasteiger partial charge in [0.2, 0.25) is 0 Å². The fourth-order valence-electron chi connectivity index (χ4n) is 7.87. The highest BCUT2D eigenvalue weighted by Crippen LogP contribution is 2.41. The van der Waals surface area contributed by atoms with Gasteiger partial charge in [-0.15, -0.1) is 0 Å². The molecular weight excluding hydrogens is 661 g/mol. The van der Waals surface area contributed by atoms with Crippen LogP contribution in [0, 0.1) is 0 Å². The third-order valence-electron chi connectivity index (χ3n) is 10.5. The summed E-state index contributed by atoms with van der Waals surface area (Å²) < 4.78 is 12.4. The summed E-state index contributed by atoms with van der Waals surface area (Å²) in [6.45, 7) is 0. The summed E-state index contributed by atoms with van der Waals surface area (Å²) in [5, 5.41) is 6.68. The van der Waals surface area contributed by atoms with Crippen LogP contribution in [0.3, 0.4) is 0 Å². The standard InChI is InChI=1S/C50H30N2O2/c1-2-12-32(13-3-1)44-30-45(38-18-10-14-31-11-4-5-15-36(31)38)52-50(51-44)43-28-33(34-22-25-48-41(27-34)39-16-6-8-19-46(39)53-48)21-24-37(43)35-23-26-49-42(29-35)40-17-7-9-20-47(40)54-49/h1-30H. The molecule has 0 atom stereocenters. The van der Waals surface area contributed by atoms with Crippen LogP contribution < -0.4 is 0 Å². The van der Waals surface area contributed by atoms with Crippen LogP contribution >= 0.6 is 0 Å². The third kappa shape index (κ3) is 5.00. The summed E-state index contributed by atoms with van der Waals surface area (Å²) >= 11 is 0. The second kappa shape index (κ2) is 12.1. The minimum absolute atomic E-state index is 0.656. The van der Waals surface area contributed by atoms with Crippen LogP contribution in [0.2, 0.25) is 0 Å². The summed E-state index contributed by atoms with van der Waals surface area (Å²) in [6, 6.07) is 63.3. The van der Waals surface area contributed by atoms with E-state index >= 15 is 0 Å². The van der Waals surface area contributed by atoms with Crippen LogP contribution in [0.15, 0.2) is 191 Å². The predicted molar refractivity (Wildman–Crippen MR) is 221 cm³/mol. The molecule has 11 rings (SSSR count). The Kier molecular flexibility index (Phi) is 6.82. The van der Waals surface area contributed by atoms with Gasteiger partial charge in [0.1, 0.15) is 22.3 Å². The largest absolute Gasteiger partial charge is 0.456 e. The molecule has 3 heterocycles. The number of furan rings is 2. The molecule has 0 aliphatic rings. The van der Waals surface area contributed by atoms with Crippen molar-refractivity contribution in [3.8, 4) is 56.2 Å². The Labute approximate surface area is 310 Å². The zero-order valence-corrected chi connectivity index (χ0v) is 29.0. The van der Waals surface area contributed by atoms with Gasteiger partial charge in [-0.3, -0.25) is 0 Å². The molecular formula is C50H30N2O2. The summed E-state index contributed by atoms with van der Waals surface area (Å²) in [7, 11) is 0. The first-order valence-corrected chi connectivity index (χ1v) is 18.1. The monoisotopic (exact) mass is 690 g/mol. The van der Waals surface area contributed by atoms with Crippen LogP contribution in [-0.2, 0) is 0 Å². The van der Waals surface area contributed by atoms with Crippen molar-refractivity contribution in [3.63, 3.8) is 0 Å². The van der Waals surface area contributed by atoms with Crippen molar-refractivity contribution in [2.75, 3.05) is 0 Å². The lowest BCUT2D eigenvalue weighted by atomic mass is 9.92. The molecule has 54 heavy (non-hydrogen) atoms. The van der Waals surface area contributed by atoms with Gasteiger partial charge < -0.3 is 8.83 Å². The maximum atomic E-state index is 6.23. The van der Waals surface area contributed by atoms with Crippen LogP contribution in [0.25, 0.3) is 111 Å². The molecule has 0 amide bonds. The molecule has 0 fully saturated rings. The number of para-hydroxylation sites is 2. The summed E-state index contributed by atoms with van der Waals surface area (Å²) in [6.07, 6.45) is 0. The number of aromatic nitrogens is 2. The SMILES string of the molecule is c1ccc(-c2cc(-c3cccc4ccccc34)nc(-c3cc(-c4ccc5oc6ccccc6c5c4)ccc3-c3ccc4oc5ccccc5c4c3)n2)cc1. The molecule has 4 nitrogen and oxygen atoms in total. The van der Waals surface area contributed by atoms with Crippen molar-refractivity contribution in [1.82, 2.24) is 9.97 Å². The maximum Gasteiger partial charge on any atom is 0.161 e. The first kappa shape index (κ1) is 30.3. The van der Waals surface area contributed by atoms with Crippen molar-refractivity contribution in [2.45, 2.75) is 0 Å². The lowest BCUT2D eigenvalue weighted by Crippen LogP contribution is -1.98. The van der Waals surface area contributed by atoms with Gasteiger partial charge in [0.25, 0.3) is 0 Å². The van der Waals surface area contributed by atoms with Gasteiger partial charge in [-0.25, -0.2) is 9.97 Å². The van der Waals surface area contributed by atoms with E-state index in [1.807, 2.05) is 30.3 Å². The average molecular weight is 691 g/mol. The quantitative estimate of drug-likeness (QED) is 0.180. The lowest BCUT2D eigenvalue weighted by molar-refractivity contribution is 0.668. The first-order valence-electron chi connectivity index (χ1n) is 18.1. The van der Waals surface area contributed by atoms with E-state index in [1.54, 1.807) is 0 Å². The van der Waals surface area contributed by atoms with E-state index in [9.17, 15) is 0 Å². The van der Waals surface area contributed by atoms with Crippen LogP contribution in [0.4, 0.5) is 0 Å². The van der Waals surface area contributed by atoms with Gasteiger partial charge in [0, 0.05) is 38.2 Å². The van der Waals surface area contributed by atoms with Gasteiger partial charge in [0.05, 0.1) is 11.4 Å². The smallest absolute Gasteiger partial charge is 0.161 e. The Hall–Kier alpha value is -7.30. The second-order valence-corrected chi connectivity index (χ2v) is 13.7. The van der Waals surface area contributed by atoms with Crippen LogP contribution in [0.5, 0.6) is 0 Å². The van der Waals surface area contributed by atoms with Crippen LogP contribution in [-0.4, -0.2) is 9.97 Å². The van der Waals surface area contributed by atoms with Gasteiger partial charge >= 0.3 is 0 Å². The van der Waals surface area contributed by atoms with Crippen molar-refractivity contribution in [3.05, 3.63) is 182 Å². The van der Waals surface area contributed by atoms with Gasteiger partial charge in [-0.2, -0.15) is 0 Å². The normalized spacial score (nSPS) is 11.7. The van der Waals surface area contributed by atoms with E-state index in [0.717, 1.165) is 99.6 Å². The Balaban J connectivity index is 1.18. The molecule has 11 aromatic rings. The maximum absolute atomic E-state index is 6.23.